The minimum absolute atomic E-state index is 0.00710. The molecule has 0 bridgehead atoms. The molecule has 1 amide bonds. The monoisotopic (exact) mass is 371 g/mol. The van der Waals surface area contributed by atoms with Crippen molar-refractivity contribution in [1.82, 2.24) is 9.72 Å². The van der Waals surface area contributed by atoms with Crippen molar-refractivity contribution in [2.45, 2.75) is 19.3 Å². The van der Waals surface area contributed by atoms with Gasteiger partial charge in [0.2, 0.25) is 5.91 Å². The number of halogens is 1. The number of anilines is 1. The summed E-state index contributed by atoms with van der Waals surface area (Å²) in [6, 6.07) is 8.87. The van der Waals surface area contributed by atoms with Gasteiger partial charge >= 0.3 is 5.97 Å². The van der Waals surface area contributed by atoms with E-state index in [0.717, 1.165) is 5.56 Å². The highest BCUT2D eigenvalue weighted by Gasteiger charge is 2.34. The van der Waals surface area contributed by atoms with Gasteiger partial charge in [-0.3, -0.25) is 9.36 Å². The number of aryl methyl sites for hydroxylation is 1. The van der Waals surface area contributed by atoms with Gasteiger partial charge in [0.1, 0.15) is 11.3 Å². The summed E-state index contributed by atoms with van der Waals surface area (Å²) in [7, 11) is 0. The molecule has 2 N–H and O–H groups in total. The highest BCUT2D eigenvalue weighted by atomic mass is 35.5. The van der Waals surface area contributed by atoms with Crippen LogP contribution in [0.2, 0.25) is 5.02 Å². The van der Waals surface area contributed by atoms with Crippen molar-refractivity contribution in [3.05, 3.63) is 64.1 Å². The minimum atomic E-state index is -1.13. The van der Waals surface area contributed by atoms with Gasteiger partial charge in [0.05, 0.1) is 11.4 Å². The van der Waals surface area contributed by atoms with Crippen LogP contribution in [0.4, 0.5) is 5.69 Å². The van der Waals surface area contributed by atoms with E-state index in [1.54, 1.807) is 29.7 Å². The normalized spacial score (nSPS) is 16.2. The summed E-state index contributed by atoms with van der Waals surface area (Å²) in [5, 5.41) is 16.8. The average molecular weight is 372 g/mol. The molecule has 0 spiro atoms. The van der Waals surface area contributed by atoms with E-state index in [4.69, 9.17) is 16.1 Å². The molecule has 1 unspecified atom stereocenters. The number of nitrogens with one attached hydrogen (secondary N) is 1. The third kappa shape index (κ3) is 2.66. The lowest BCUT2D eigenvalue weighted by atomic mass is 9.88. The lowest BCUT2D eigenvalue weighted by Crippen LogP contribution is -2.25. The minimum Gasteiger partial charge on any atom is -0.478 e. The van der Waals surface area contributed by atoms with E-state index in [1.165, 1.54) is 6.20 Å². The first kappa shape index (κ1) is 16.4. The summed E-state index contributed by atoms with van der Waals surface area (Å²) in [6.45, 7) is 1.75. The molecule has 3 heterocycles. The molecule has 2 aromatic heterocycles. The molecule has 0 saturated heterocycles. The van der Waals surface area contributed by atoms with E-state index in [-0.39, 0.29) is 29.5 Å². The molecule has 0 radical (unpaired) electrons. The van der Waals surface area contributed by atoms with Gasteiger partial charge in [0.25, 0.3) is 0 Å². The number of carbonyl (C=O) groups excluding carboxylic acids is 1. The SMILES string of the molecule is Cc1cc(-n2cc(C(=O)O)c3c2C(c2ccc(Cl)cc2)CC(=O)N3)no1. The molecule has 4 rings (SSSR count). The standard InChI is InChI=1S/C18H14ClN3O4/c1-9-6-14(21-26-9)22-8-13(18(24)25)16-17(22)12(7-15(23)20-16)10-2-4-11(19)5-3-10/h2-6,8,12H,7H2,1H3,(H,20,23)(H,24,25). The topological polar surface area (TPSA) is 97.4 Å². The Labute approximate surface area is 153 Å². The maximum absolute atomic E-state index is 12.2. The number of rotatable bonds is 3. The molecule has 1 aromatic carbocycles. The van der Waals surface area contributed by atoms with Crippen LogP contribution < -0.4 is 5.32 Å². The largest absolute Gasteiger partial charge is 0.478 e. The molecular weight excluding hydrogens is 358 g/mol. The Hall–Kier alpha value is -3.06. The van der Waals surface area contributed by atoms with Crippen molar-refractivity contribution in [3.8, 4) is 5.82 Å². The Morgan fingerprint density at radius 1 is 1.38 bits per heavy atom. The number of aromatic carboxylic acids is 1. The number of nitrogens with zero attached hydrogens (tertiary/aromatic N) is 2. The molecule has 0 fully saturated rings. The molecule has 132 valence electrons. The number of aromatic nitrogens is 2. The Kier molecular flexibility index (Phi) is 3.81. The predicted molar refractivity (Wildman–Crippen MR) is 94.1 cm³/mol. The number of fused-ring (bicyclic) bond motifs is 1. The third-order valence-corrected chi connectivity index (χ3v) is 4.64. The molecule has 1 aliphatic rings. The summed E-state index contributed by atoms with van der Waals surface area (Å²) >= 11 is 5.97. The maximum atomic E-state index is 12.2. The van der Waals surface area contributed by atoms with Gasteiger partial charge in [0.15, 0.2) is 5.82 Å². The zero-order valence-corrected chi connectivity index (χ0v) is 14.4. The molecule has 0 saturated carbocycles. The van der Waals surface area contributed by atoms with Crippen LogP contribution in [-0.4, -0.2) is 26.7 Å². The molecule has 1 atom stereocenters. The van der Waals surface area contributed by atoms with Crippen LogP contribution in [0, 0.1) is 6.92 Å². The lowest BCUT2D eigenvalue weighted by Gasteiger charge is -2.25. The lowest BCUT2D eigenvalue weighted by molar-refractivity contribution is -0.116. The van der Waals surface area contributed by atoms with E-state index in [2.05, 4.69) is 10.5 Å². The van der Waals surface area contributed by atoms with Crippen molar-refractivity contribution in [2.24, 2.45) is 0 Å². The fraction of sp³-hybridized carbons (Fsp3) is 0.167. The van der Waals surface area contributed by atoms with Crippen molar-refractivity contribution in [3.63, 3.8) is 0 Å². The highest BCUT2D eigenvalue weighted by molar-refractivity contribution is 6.30. The zero-order chi connectivity index (χ0) is 18.4. The maximum Gasteiger partial charge on any atom is 0.339 e. The smallest absolute Gasteiger partial charge is 0.339 e. The summed E-state index contributed by atoms with van der Waals surface area (Å²) in [5.74, 6) is -0.643. The number of benzene rings is 1. The molecule has 7 nitrogen and oxygen atoms in total. The van der Waals surface area contributed by atoms with Gasteiger partial charge in [-0.25, -0.2) is 4.79 Å². The van der Waals surface area contributed by atoms with Crippen LogP contribution in [0.5, 0.6) is 0 Å². The first-order chi connectivity index (χ1) is 12.4. The molecule has 3 aromatic rings. The zero-order valence-electron chi connectivity index (χ0n) is 13.7. The average Bonchev–Trinajstić information content (AvgIpc) is 3.18. The van der Waals surface area contributed by atoms with Gasteiger partial charge in [-0.1, -0.05) is 28.9 Å². The summed E-state index contributed by atoms with van der Waals surface area (Å²) < 4.78 is 6.80. The first-order valence-electron chi connectivity index (χ1n) is 7.91. The fourth-order valence-corrected chi connectivity index (χ4v) is 3.38. The Morgan fingerprint density at radius 3 is 2.73 bits per heavy atom. The molecule has 1 aliphatic heterocycles. The van der Waals surface area contributed by atoms with Crippen LogP contribution >= 0.6 is 11.6 Å². The third-order valence-electron chi connectivity index (χ3n) is 4.39. The van der Waals surface area contributed by atoms with Crippen LogP contribution in [-0.2, 0) is 4.79 Å². The van der Waals surface area contributed by atoms with Crippen LogP contribution in [0.25, 0.3) is 5.82 Å². The van der Waals surface area contributed by atoms with Gasteiger partial charge in [-0.15, -0.1) is 0 Å². The van der Waals surface area contributed by atoms with E-state index in [9.17, 15) is 14.7 Å². The number of carbonyl (C=O) groups is 2. The summed E-state index contributed by atoms with van der Waals surface area (Å²) in [6.07, 6.45) is 1.65. The summed E-state index contributed by atoms with van der Waals surface area (Å²) in [4.78, 5) is 23.9. The number of carboxylic acid groups (broad SMARTS) is 1. The van der Waals surface area contributed by atoms with Crippen molar-refractivity contribution in [2.75, 3.05) is 5.32 Å². The van der Waals surface area contributed by atoms with E-state index >= 15 is 0 Å². The number of hydrogen-bond acceptors (Lipinski definition) is 4. The van der Waals surface area contributed by atoms with Gasteiger partial charge < -0.3 is 14.9 Å². The number of carboxylic acids is 1. The van der Waals surface area contributed by atoms with Gasteiger partial charge in [-0.05, 0) is 24.6 Å². The van der Waals surface area contributed by atoms with Crippen LogP contribution in [0.3, 0.4) is 0 Å². The van der Waals surface area contributed by atoms with Crippen molar-refractivity contribution < 1.29 is 19.2 Å². The second-order valence-corrected chi connectivity index (χ2v) is 6.57. The van der Waals surface area contributed by atoms with E-state index in [0.29, 0.717) is 22.3 Å². The Balaban J connectivity index is 1.96. The number of amides is 1. The van der Waals surface area contributed by atoms with E-state index in [1.807, 2.05) is 12.1 Å². The molecule has 26 heavy (non-hydrogen) atoms. The molecule has 8 heteroatoms. The van der Waals surface area contributed by atoms with Crippen molar-refractivity contribution >= 4 is 29.2 Å². The fourth-order valence-electron chi connectivity index (χ4n) is 3.26. The van der Waals surface area contributed by atoms with Gasteiger partial charge in [-0.2, -0.15) is 0 Å². The highest BCUT2D eigenvalue weighted by Crippen LogP contribution is 2.41. The molecule has 0 aliphatic carbocycles. The second kappa shape index (κ2) is 6.03. The Morgan fingerprint density at radius 2 is 2.12 bits per heavy atom. The summed E-state index contributed by atoms with van der Waals surface area (Å²) in [5.41, 5.74) is 1.81. The van der Waals surface area contributed by atoms with Gasteiger partial charge in [0, 0.05) is 29.6 Å². The van der Waals surface area contributed by atoms with Crippen LogP contribution in [0.1, 0.15) is 39.7 Å². The van der Waals surface area contributed by atoms with E-state index < -0.39 is 5.97 Å². The molecular formula is C18H14ClN3O4. The Bertz CT molecular complexity index is 1020. The second-order valence-electron chi connectivity index (χ2n) is 6.13. The quantitative estimate of drug-likeness (QED) is 0.733. The number of hydrogen-bond donors (Lipinski definition) is 2. The van der Waals surface area contributed by atoms with Crippen LogP contribution in [0.15, 0.2) is 41.1 Å². The van der Waals surface area contributed by atoms with Crippen molar-refractivity contribution in [1.29, 1.82) is 0 Å². The first-order valence-corrected chi connectivity index (χ1v) is 8.29. The predicted octanol–water partition coefficient (Wildman–Crippen LogP) is 3.60.